The molecule has 2 heterocycles. The summed E-state index contributed by atoms with van der Waals surface area (Å²) in [5.74, 6) is 0.677. The Morgan fingerprint density at radius 1 is 1.41 bits per heavy atom. The predicted molar refractivity (Wildman–Crippen MR) is 65.8 cm³/mol. The van der Waals surface area contributed by atoms with E-state index in [0.717, 1.165) is 23.7 Å². The first-order valence-corrected chi connectivity index (χ1v) is 6.03. The zero-order valence-electron chi connectivity index (χ0n) is 9.34. The van der Waals surface area contributed by atoms with Gasteiger partial charge in [0.05, 0.1) is 23.1 Å². The lowest BCUT2D eigenvalue weighted by molar-refractivity contribution is 0.956. The van der Waals surface area contributed by atoms with Crippen molar-refractivity contribution in [3.8, 4) is 6.07 Å². The molecule has 2 aromatic heterocycles. The first-order chi connectivity index (χ1) is 8.28. The lowest BCUT2D eigenvalue weighted by atomic mass is 10.3. The molecule has 1 N–H and O–H groups in total. The maximum atomic E-state index is 8.58. The Bertz CT molecular complexity index is 526. The van der Waals surface area contributed by atoms with Crippen LogP contribution in [0.4, 0.5) is 5.82 Å². The fourth-order valence-corrected chi connectivity index (χ4v) is 1.97. The van der Waals surface area contributed by atoms with E-state index in [1.165, 1.54) is 6.20 Å². The summed E-state index contributed by atoms with van der Waals surface area (Å²) in [6.45, 7) is 2.75. The van der Waals surface area contributed by atoms with E-state index in [1.54, 1.807) is 17.5 Å². The highest BCUT2D eigenvalue weighted by Gasteiger charge is 1.99. The molecule has 0 fully saturated rings. The van der Waals surface area contributed by atoms with Gasteiger partial charge < -0.3 is 5.32 Å². The van der Waals surface area contributed by atoms with Crippen LogP contribution in [0.2, 0.25) is 0 Å². The number of anilines is 1. The minimum atomic E-state index is 0.325. The van der Waals surface area contributed by atoms with Crippen molar-refractivity contribution >= 4 is 17.2 Å². The molecule has 86 valence electrons. The molecule has 0 saturated heterocycles. The molecule has 0 aliphatic heterocycles. The van der Waals surface area contributed by atoms with Crippen molar-refractivity contribution in [1.82, 2.24) is 15.0 Å². The SMILES string of the molecule is Cc1nc(CCNc2cnc(C#N)cn2)cs1. The molecule has 0 bridgehead atoms. The Labute approximate surface area is 103 Å². The van der Waals surface area contributed by atoms with E-state index in [4.69, 9.17) is 5.26 Å². The van der Waals surface area contributed by atoms with Crippen LogP contribution in [-0.2, 0) is 6.42 Å². The zero-order chi connectivity index (χ0) is 12.1. The number of nitrogens with one attached hydrogen (secondary N) is 1. The summed E-state index contributed by atoms with van der Waals surface area (Å²) in [7, 11) is 0. The smallest absolute Gasteiger partial charge is 0.158 e. The van der Waals surface area contributed by atoms with Crippen LogP contribution in [0, 0.1) is 18.3 Å². The van der Waals surface area contributed by atoms with Gasteiger partial charge in [0.1, 0.15) is 11.9 Å². The summed E-state index contributed by atoms with van der Waals surface area (Å²) in [6.07, 6.45) is 3.87. The Morgan fingerprint density at radius 3 is 2.88 bits per heavy atom. The van der Waals surface area contributed by atoms with Gasteiger partial charge in [-0.15, -0.1) is 11.3 Å². The molecule has 2 rings (SSSR count). The van der Waals surface area contributed by atoms with Crippen LogP contribution in [-0.4, -0.2) is 21.5 Å². The fraction of sp³-hybridized carbons (Fsp3) is 0.273. The molecule has 2 aromatic rings. The normalized spacial score (nSPS) is 9.88. The fourth-order valence-electron chi connectivity index (χ4n) is 1.32. The lowest BCUT2D eigenvalue weighted by Gasteiger charge is -2.02. The highest BCUT2D eigenvalue weighted by Crippen LogP contribution is 2.08. The molecule has 0 spiro atoms. The van der Waals surface area contributed by atoms with Crippen molar-refractivity contribution < 1.29 is 0 Å². The van der Waals surface area contributed by atoms with E-state index in [2.05, 4.69) is 25.6 Å². The van der Waals surface area contributed by atoms with Gasteiger partial charge in [-0.3, -0.25) is 0 Å². The molecule has 0 aromatic carbocycles. The van der Waals surface area contributed by atoms with Gasteiger partial charge in [-0.2, -0.15) is 5.26 Å². The minimum absolute atomic E-state index is 0.325. The van der Waals surface area contributed by atoms with E-state index in [1.807, 2.05) is 13.0 Å². The molecule has 0 aliphatic rings. The molecule has 0 atom stereocenters. The average molecular weight is 245 g/mol. The predicted octanol–water partition coefficient (Wildman–Crippen LogP) is 1.77. The van der Waals surface area contributed by atoms with Crippen LogP contribution < -0.4 is 5.32 Å². The van der Waals surface area contributed by atoms with Crippen LogP contribution in [0.1, 0.15) is 16.4 Å². The van der Waals surface area contributed by atoms with Gasteiger partial charge in [-0.25, -0.2) is 15.0 Å². The van der Waals surface area contributed by atoms with E-state index >= 15 is 0 Å². The van der Waals surface area contributed by atoms with Gasteiger partial charge in [0, 0.05) is 18.3 Å². The molecule has 17 heavy (non-hydrogen) atoms. The maximum absolute atomic E-state index is 8.58. The maximum Gasteiger partial charge on any atom is 0.158 e. The highest BCUT2D eigenvalue weighted by atomic mass is 32.1. The third-order valence-corrected chi connectivity index (χ3v) is 2.94. The summed E-state index contributed by atoms with van der Waals surface area (Å²) in [5.41, 5.74) is 1.41. The van der Waals surface area contributed by atoms with Crippen LogP contribution in [0.5, 0.6) is 0 Å². The number of aryl methyl sites for hydroxylation is 1. The minimum Gasteiger partial charge on any atom is -0.368 e. The number of nitriles is 1. The summed E-state index contributed by atoms with van der Waals surface area (Å²) in [6, 6.07) is 1.93. The molecule has 0 radical (unpaired) electrons. The molecular weight excluding hydrogens is 234 g/mol. The number of thiazole rings is 1. The Morgan fingerprint density at radius 2 is 2.29 bits per heavy atom. The summed E-state index contributed by atoms with van der Waals surface area (Å²) >= 11 is 1.65. The van der Waals surface area contributed by atoms with Crippen LogP contribution in [0.15, 0.2) is 17.8 Å². The topological polar surface area (TPSA) is 74.5 Å². The number of hydrogen-bond donors (Lipinski definition) is 1. The van der Waals surface area contributed by atoms with Crippen LogP contribution >= 0.6 is 11.3 Å². The van der Waals surface area contributed by atoms with Gasteiger partial charge in [-0.1, -0.05) is 0 Å². The van der Waals surface area contributed by atoms with Crippen molar-refractivity contribution in [2.24, 2.45) is 0 Å². The molecular formula is C11H11N5S. The Balaban J connectivity index is 1.84. The summed E-state index contributed by atoms with van der Waals surface area (Å²) < 4.78 is 0. The first-order valence-electron chi connectivity index (χ1n) is 5.15. The van der Waals surface area contributed by atoms with Crippen LogP contribution in [0.3, 0.4) is 0 Å². The van der Waals surface area contributed by atoms with Gasteiger partial charge >= 0.3 is 0 Å². The average Bonchev–Trinajstić information content (AvgIpc) is 2.76. The van der Waals surface area contributed by atoms with Crippen molar-refractivity contribution in [2.45, 2.75) is 13.3 Å². The first kappa shape index (κ1) is 11.5. The lowest BCUT2D eigenvalue weighted by Crippen LogP contribution is -2.07. The van der Waals surface area contributed by atoms with E-state index in [0.29, 0.717) is 11.5 Å². The van der Waals surface area contributed by atoms with Crippen molar-refractivity contribution in [3.05, 3.63) is 34.2 Å². The van der Waals surface area contributed by atoms with E-state index in [9.17, 15) is 0 Å². The quantitative estimate of drug-likeness (QED) is 0.888. The van der Waals surface area contributed by atoms with Crippen molar-refractivity contribution in [2.75, 3.05) is 11.9 Å². The van der Waals surface area contributed by atoms with E-state index in [-0.39, 0.29) is 0 Å². The Kier molecular flexibility index (Phi) is 3.62. The van der Waals surface area contributed by atoms with Gasteiger partial charge in [-0.05, 0) is 6.92 Å². The highest BCUT2D eigenvalue weighted by molar-refractivity contribution is 7.09. The Hall–Kier alpha value is -2.00. The summed E-state index contributed by atoms with van der Waals surface area (Å²) in [5, 5.41) is 14.8. The molecule has 6 heteroatoms. The van der Waals surface area contributed by atoms with Gasteiger partial charge in [0.2, 0.25) is 0 Å². The number of hydrogen-bond acceptors (Lipinski definition) is 6. The van der Waals surface area contributed by atoms with Gasteiger partial charge in [0.25, 0.3) is 0 Å². The molecule has 0 saturated carbocycles. The number of rotatable bonds is 4. The second-order valence-corrected chi connectivity index (χ2v) is 4.50. The number of nitrogens with zero attached hydrogens (tertiary/aromatic N) is 4. The third kappa shape index (κ3) is 3.23. The summed E-state index contributed by atoms with van der Waals surface area (Å²) in [4.78, 5) is 12.4. The zero-order valence-corrected chi connectivity index (χ0v) is 10.2. The van der Waals surface area contributed by atoms with Crippen LogP contribution in [0.25, 0.3) is 0 Å². The molecule has 0 unspecified atom stereocenters. The van der Waals surface area contributed by atoms with E-state index < -0.39 is 0 Å². The monoisotopic (exact) mass is 245 g/mol. The standard InChI is InChI=1S/C11H11N5S/c1-8-16-9(7-17-8)2-3-13-11-6-14-10(4-12)5-15-11/h5-7H,2-3H2,1H3,(H,13,15). The van der Waals surface area contributed by atoms with Gasteiger partial charge in [0.15, 0.2) is 5.69 Å². The molecule has 0 amide bonds. The molecule has 5 nitrogen and oxygen atoms in total. The largest absolute Gasteiger partial charge is 0.368 e. The second-order valence-electron chi connectivity index (χ2n) is 3.43. The number of aromatic nitrogens is 3. The molecule has 0 aliphatic carbocycles. The van der Waals surface area contributed by atoms with Crippen molar-refractivity contribution in [3.63, 3.8) is 0 Å². The second kappa shape index (κ2) is 5.37. The third-order valence-electron chi connectivity index (χ3n) is 2.12. The van der Waals surface area contributed by atoms with Crippen molar-refractivity contribution in [1.29, 1.82) is 5.26 Å².